The molecule has 246 valence electrons. The van der Waals surface area contributed by atoms with E-state index in [2.05, 4.69) is 150 Å². The first-order valence-electron chi connectivity index (χ1n) is 17.1. The summed E-state index contributed by atoms with van der Waals surface area (Å²) in [5, 5.41) is 5.54. The molecule has 1 aliphatic carbocycles. The Hall–Kier alpha value is -2.44. The molecular formula is C44H50Cl2Zr-2. The van der Waals surface area contributed by atoms with E-state index in [1.165, 1.54) is 110 Å². The maximum absolute atomic E-state index is 3.53. The van der Waals surface area contributed by atoms with E-state index in [1.807, 2.05) is 0 Å². The van der Waals surface area contributed by atoms with Gasteiger partial charge in [-0.1, -0.05) is 108 Å². The molecule has 1 atom stereocenters. The molecule has 0 heterocycles. The van der Waals surface area contributed by atoms with Crippen LogP contribution in [0.5, 0.6) is 0 Å². The molecule has 0 aliphatic heterocycles. The summed E-state index contributed by atoms with van der Waals surface area (Å²) in [4.78, 5) is 0. The Kier molecular flexibility index (Phi) is 18.6. The van der Waals surface area contributed by atoms with Gasteiger partial charge < -0.3 is 24.8 Å². The van der Waals surface area contributed by atoms with Crippen molar-refractivity contribution in [2.75, 3.05) is 0 Å². The Balaban J connectivity index is 0.000000242. The zero-order valence-electron chi connectivity index (χ0n) is 28.9. The van der Waals surface area contributed by atoms with Gasteiger partial charge in [-0.3, -0.25) is 6.08 Å². The minimum atomic E-state index is 0. The SMILES string of the molecule is CCCC1=C(CCC)C(CCC)[C-]=C1.CCc1ccc2c(c1)[cH-]c1cc(CC)ccc12.[Cl-].[Cl-].[Zr+2]=[C](c1ccccc1)c1ccccc1. The van der Waals surface area contributed by atoms with Gasteiger partial charge >= 0.3 is 99.2 Å². The van der Waals surface area contributed by atoms with Crippen LogP contribution in [0.25, 0.3) is 21.5 Å². The predicted molar refractivity (Wildman–Crippen MR) is 195 cm³/mol. The zero-order valence-corrected chi connectivity index (χ0v) is 32.9. The Morgan fingerprint density at radius 3 is 1.55 bits per heavy atom. The van der Waals surface area contributed by atoms with Crippen molar-refractivity contribution in [1.29, 1.82) is 0 Å². The van der Waals surface area contributed by atoms with E-state index in [4.69, 9.17) is 0 Å². The van der Waals surface area contributed by atoms with E-state index >= 15 is 0 Å². The second-order valence-corrected chi connectivity index (χ2v) is 13.2. The van der Waals surface area contributed by atoms with Gasteiger partial charge in [0.15, 0.2) is 0 Å². The van der Waals surface area contributed by atoms with Crippen LogP contribution in [0, 0.1) is 12.0 Å². The fourth-order valence-corrected chi connectivity index (χ4v) is 7.03. The first-order valence-corrected chi connectivity index (χ1v) is 18.4. The molecule has 0 saturated carbocycles. The molecule has 0 bridgehead atoms. The number of fused-ring (bicyclic) bond motifs is 3. The predicted octanol–water partition coefficient (Wildman–Crippen LogP) is 6.32. The number of rotatable bonds is 10. The summed E-state index contributed by atoms with van der Waals surface area (Å²) in [5.41, 5.74) is 8.78. The van der Waals surface area contributed by atoms with Gasteiger partial charge in [-0.15, -0.1) is 39.7 Å². The van der Waals surface area contributed by atoms with Crippen LogP contribution in [0.1, 0.15) is 95.4 Å². The van der Waals surface area contributed by atoms with E-state index in [-0.39, 0.29) is 24.8 Å². The number of hydrogen-bond acceptors (Lipinski definition) is 0. The third-order valence-electron chi connectivity index (χ3n) is 8.68. The van der Waals surface area contributed by atoms with Crippen molar-refractivity contribution in [3.63, 3.8) is 0 Å². The summed E-state index contributed by atoms with van der Waals surface area (Å²) in [6, 6.07) is 37.1. The summed E-state index contributed by atoms with van der Waals surface area (Å²) in [5.74, 6) is 0.654. The van der Waals surface area contributed by atoms with Crippen LogP contribution in [-0.2, 0) is 37.1 Å². The summed E-state index contributed by atoms with van der Waals surface area (Å²) in [6.45, 7) is 11.2. The average Bonchev–Trinajstić information content (AvgIpc) is 3.65. The number of halogens is 2. The average molecular weight is 741 g/mol. The molecule has 0 spiro atoms. The van der Waals surface area contributed by atoms with Crippen LogP contribution in [0.15, 0.2) is 120 Å². The first-order chi connectivity index (χ1) is 22.0. The summed E-state index contributed by atoms with van der Waals surface area (Å²) in [6.07, 6.45) is 15.6. The molecular weight excluding hydrogens is 691 g/mol. The van der Waals surface area contributed by atoms with E-state index < -0.39 is 0 Å². The molecule has 0 saturated heterocycles. The van der Waals surface area contributed by atoms with E-state index in [1.54, 1.807) is 11.1 Å². The van der Waals surface area contributed by atoms with Crippen molar-refractivity contribution in [3.05, 3.63) is 149 Å². The molecule has 0 radical (unpaired) electrons. The normalized spacial score (nSPS) is 13.3. The number of benzene rings is 4. The quantitative estimate of drug-likeness (QED) is 0.147. The fraction of sp³-hybridized carbons (Fsp3) is 0.318. The molecule has 5 aromatic carbocycles. The third-order valence-corrected chi connectivity index (χ3v) is 10.1. The molecule has 0 amide bonds. The monoisotopic (exact) mass is 738 g/mol. The van der Waals surface area contributed by atoms with Gasteiger partial charge in [-0.05, 0) is 19.3 Å². The van der Waals surface area contributed by atoms with Gasteiger partial charge in [0.2, 0.25) is 0 Å². The van der Waals surface area contributed by atoms with Crippen molar-refractivity contribution >= 4 is 24.8 Å². The van der Waals surface area contributed by atoms with Crippen molar-refractivity contribution in [3.8, 4) is 0 Å². The molecule has 1 unspecified atom stereocenters. The Morgan fingerprint density at radius 1 is 0.638 bits per heavy atom. The second kappa shape index (κ2) is 21.5. The summed E-state index contributed by atoms with van der Waals surface area (Å²) >= 11 is 1.46. The first kappa shape index (κ1) is 40.7. The topological polar surface area (TPSA) is 0 Å². The summed E-state index contributed by atoms with van der Waals surface area (Å²) in [7, 11) is 0. The van der Waals surface area contributed by atoms with E-state index in [0.717, 1.165) is 12.8 Å². The van der Waals surface area contributed by atoms with Crippen molar-refractivity contribution in [1.82, 2.24) is 0 Å². The van der Waals surface area contributed by atoms with Gasteiger partial charge in [-0.2, -0.15) is 11.1 Å². The van der Waals surface area contributed by atoms with Gasteiger partial charge in [0, 0.05) is 0 Å². The number of aryl methyl sites for hydroxylation is 2. The standard InChI is InChI=1S/C17H17.C14H23.C13H10.2ClH.Zr/c1-3-12-5-7-16-14(9-12)11-15-10-13(4-2)6-8-17(15)16;1-4-7-12-10-11-13(8-5-2)14(12)9-6-3;1-3-7-12(8-4-1)11-13-9-5-2-6-10-13;;;/h5-11H,3-4H2,1-2H3;10,13H,4-9H2,1-3H3;1-10H;2*1H;/q2*-1;;;;+2/p-2. The Labute approximate surface area is 312 Å². The fourth-order valence-electron chi connectivity index (χ4n) is 6.21. The molecule has 0 aromatic heterocycles. The maximum atomic E-state index is 3.53. The van der Waals surface area contributed by atoms with Crippen LogP contribution in [0.3, 0.4) is 0 Å². The molecule has 3 heteroatoms. The molecule has 0 N–H and O–H groups in total. The third kappa shape index (κ3) is 11.3. The van der Waals surface area contributed by atoms with Gasteiger partial charge in [-0.25, -0.2) is 6.08 Å². The van der Waals surface area contributed by atoms with Crippen LogP contribution in [0.4, 0.5) is 0 Å². The van der Waals surface area contributed by atoms with Crippen molar-refractivity contribution < 1.29 is 49.0 Å². The van der Waals surface area contributed by atoms with Crippen LogP contribution in [-0.4, -0.2) is 3.21 Å². The van der Waals surface area contributed by atoms with Crippen LogP contribution < -0.4 is 24.8 Å². The zero-order chi connectivity index (χ0) is 32.0. The van der Waals surface area contributed by atoms with Crippen LogP contribution >= 0.6 is 0 Å². The number of allylic oxidation sites excluding steroid dienone is 4. The van der Waals surface area contributed by atoms with E-state index in [0.29, 0.717) is 5.92 Å². The van der Waals surface area contributed by atoms with E-state index in [9.17, 15) is 0 Å². The molecule has 1 aliphatic rings. The Morgan fingerprint density at radius 2 is 1.13 bits per heavy atom. The van der Waals surface area contributed by atoms with Crippen molar-refractivity contribution in [2.45, 2.75) is 86.0 Å². The molecule has 0 fully saturated rings. The molecule has 47 heavy (non-hydrogen) atoms. The second-order valence-electron chi connectivity index (χ2n) is 12.0. The van der Waals surface area contributed by atoms with Crippen LogP contribution in [0.2, 0.25) is 0 Å². The van der Waals surface area contributed by atoms with Gasteiger partial charge in [0.25, 0.3) is 0 Å². The number of hydrogen-bond donors (Lipinski definition) is 0. The summed E-state index contributed by atoms with van der Waals surface area (Å²) < 4.78 is 1.42. The molecule has 5 aromatic rings. The molecule has 6 rings (SSSR count). The van der Waals surface area contributed by atoms with Crippen molar-refractivity contribution in [2.24, 2.45) is 5.92 Å². The molecule has 0 nitrogen and oxygen atoms in total. The Bertz CT molecular complexity index is 1610. The van der Waals surface area contributed by atoms with Gasteiger partial charge in [0.05, 0.1) is 0 Å². The minimum absolute atomic E-state index is 0. The van der Waals surface area contributed by atoms with Gasteiger partial charge in [0.1, 0.15) is 0 Å².